The molecule has 28 heavy (non-hydrogen) atoms. The summed E-state index contributed by atoms with van der Waals surface area (Å²) in [4.78, 5) is 30.8. The highest BCUT2D eigenvalue weighted by atomic mass is 19.1. The monoisotopic (exact) mass is 382 g/mol. The number of hydrogen-bond acceptors (Lipinski definition) is 3. The Morgan fingerprint density at radius 3 is 2.54 bits per heavy atom. The molecule has 1 N–H and O–H groups in total. The Kier molecular flexibility index (Phi) is 4.77. The number of halogens is 1. The molecule has 2 heterocycles. The van der Waals surface area contributed by atoms with E-state index in [9.17, 15) is 14.0 Å². The summed E-state index contributed by atoms with van der Waals surface area (Å²) in [5.41, 5.74) is 0.733. The molecule has 4 rings (SSSR count). The van der Waals surface area contributed by atoms with Crippen LogP contribution in [-0.4, -0.2) is 60.5 Å². The van der Waals surface area contributed by atoms with E-state index in [-0.39, 0.29) is 23.2 Å². The van der Waals surface area contributed by atoms with Gasteiger partial charge in [-0.15, -0.1) is 0 Å². The number of nitrogens with one attached hydrogen (secondary N) is 1. The summed E-state index contributed by atoms with van der Waals surface area (Å²) in [6.45, 7) is 1.87. The molecule has 7 heteroatoms. The minimum atomic E-state index is -0.458. The Hall–Kier alpha value is -2.93. The van der Waals surface area contributed by atoms with Crippen LogP contribution in [0.4, 0.5) is 20.6 Å². The molecular formula is C21H23FN4O2. The van der Waals surface area contributed by atoms with Gasteiger partial charge in [0.2, 0.25) is 5.91 Å². The first kappa shape index (κ1) is 18.4. The molecule has 2 saturated heterocycles. The van der Waals surface area contributed by atoms with Crippen LogP contribution in [0.1, 0.15) is 6.42 Å². The number of anilines is 2. The molecule has 0 unspecified atom stereocenters. The van der Waals surface area contributed by atoms with Crippen LogP contribution in [0, 0.1) is 5.82 Å². The van der Waals surface area contributed by atoms with Crippen LogP contribution in [-0.2, 0) is 4.79 Å². The van der Waals surface area contributed by atoms with Gasteiger partial charge in [-0.2, -0.15) is 0 Å². The van der Waals surface area contributed by atoms with Crippen molar-refractivity contribution in [3.63, 3.8) is 0 Å². The van der Waals surface area contributed by atoms with Crippen LogP contribution in [0.5, 0.6) is 0 Å². The Morgan fingerprint density at radius 1 is 1.07 bits per heavy atom. The van der Waals surface area contributed by atoms with Crippen LogP contribution in [0.2, 0.25) is 0 Å². The summed E-state index contributed by atoms with van der Waals surface area (Å²) in [6, 6.07) is 15.4. The molecule has 3 amide bonds. The highest BCUT2D eigenvalue weighted by Crippen LogP contribution is 2.33. The first-order valence-corrected chi connectivity index (χ1v) is 9.36. The molecule has 1 spiro atoms. The van der Waals surface area contributed by atoms with Gasteiger partial charge in [-0.1, -0.05) is 30.3 Å². The molecule has 2 fully saturated rings. The molecule has 0 radical (unpaired) electrons. The summed E-state index contributed by atoms with van der Waals surface area (Å²) < 4.78 is 13.8. The molecule has 2 aliphatic rings. The molecule has 0 aromatic heterocycles. The molecule has 6 nitrogen and oxygen atoms in total. The third-order valence-electron chi connectivity index (χ3n) is 5.74. The molecular weight excluding hydrogens is 359 g/mol. The van der Waals surface area contributed by atoms with Gasteiger partial charge < -0.3 is 15.1 Å². The fourth-order valence-corrected chi connectivity index (χ4v) is 4.03. The highest BCUT2D eigenvalue weighted by molar-refractivity contribution is 5.96. The number of likely N-dealkylation sites (tertiary alicyclic amines) is 1. The first-order valence-electron chi connectivity index (χ1n) is 9.36. The second-order valence-electron chi connectivity index (χ2n) is 7.48. The normalized spacial score (nSPS) is 22.7. The molecule has 0 aliphatic carbocycles. The Morgan fingerprint density at radius 2 is 1.79 bits per heavy atom. The van der Waals surface area contributed by atoms with Crippen molar-refractivity contribution in [1.29, 1.82) is 0 Å². The van der Waals surface area contributed by atoms with Gasteiger partial charge >= 0.3 is 6.03 Å². The number of para-hydroxylation sites is 2. The number of nitrogens with zero attached hydrogens (tertiary/aromatic N) is 3. The van der Waals surface area contributed by atoms with Crippen LogP contribution in [0.3, 0.4) is 0 Å². The smallest absolute Gasteiger partial charge is 0.321 e. The van der Waals surface area contributed by atoms with E-state index in [0.29, 0.717) is 26.2 Å². The summed E-state index contributed by atoms with van der Waals surface area (Å²) in [5.74, 6) is -0.408. The number of likely N-dealkylation sites (N-methyl/N-ethyl adjacent to an activating group) is 1. The number of hydrogen-bond donors (Lipinski definition) is 1. The first-order chi connectivity index (χ1) is 13.5. The molecule has 146 valence electrons. The molecule has 0 bridgehead atoms. The van der Waals surface area contributed by atoms with E-state index in [4.69, 9.17) is 0 Å². The maximum Gasteiger partial charge on any atom is 0.321 e. The Balaban J connectivity index is 1.50. The molecule has 0 saturated carbocycles. The van der Waals surface area contributed by atoms with Crippen molar-refractivity contribution in [2.75, 3.05) is 43.4 Å². The van der Waals surface area contributed by atoms with Crippen LogP contribution < -0.4 is 10.2 Å². The van der Waals surface area contributed by atoms with Gasteiger partial charge in [0, 0.05) is 25.3 Å². The predicted octanol–water partition coefficient (Wildman–Crippen LogP) is 2.78. The van der Waals surface area contributed by atoms with Crippen molar-refractivity contribution in [2.24, 2.45) is 0 Å². The van der Waals surface area contributed by atoms with Crippen LogP contribution in [0.15, 0.2) is 54.6 Å². The summed E-state index contributed by atoms with van der Waals surface area (Å²) in [7, 11) is 1.93. The quantitative estimate of drug-likeness (QED) is 0.869. The van der Waals surface area contributed by atoms with E-state index in [0.717, 1.165) is 12.1 Å². The number of rotatable bonds is 2. The summed E-state index contributed by atoms with van der Waals surface area (Å²) in [6.07, 6.45) is 0.755. The lowest BCUT2D eigenvalue weighted by Gasteiger charge is -2.46. The van der Waals surface area contributed by atoms with E-state index in [1.54, 1.807) is 28.0 Å². The number of carbonyl (C=O) groups is 2. The second kappa shape index (κ2) is 7.24. The van der Waals surface area contributed by atoms with Gasteiger partial charge in [0.15, 0.2) is 0 Å². The molecule has 2 aromatic rings. The zero-order valence-corrected chi connectivity index (χ0v) is 15.8. The van der Waals surface area contributed by atoms with Gasteiger partial charge in [-0.05, 0) is 37.7 Å². The maximum absolute atomic E-state index is 13.8. The fourth-order valence-electron chi connectivity index (χ4n) is 4.03. The SMILES string of the molecule is CN1CC(=O)N(c2ccccc2)C[C@]12CCN(C(=O)Nc1ccccc1F)C2. The molecule has 1 atom stereocenters. The van der Waals surface area contributed by atoms with Crippen molar-refractivity contribution in [3.05, 3.63) is 60.4 Å². The van der Waals surface area contributed by atoms with Gasteiger partial charge in [0.05, 0.1) is 17.8 Å². The Bertz CT molecular complexity index is 891. The van der Waals surface area contributed by atoms with E-state index in [1.165, 1.54) is 6.07 Å². The van der Waals surface area contributed by atoms with Gasteiger partial charge in [-0.25, -0.2) is 9.18 Å². The molecule has 2 aromatic carbocycles. The highest BCUT2D eigenvalue weighted by Gasteiger charge is 2.48. The predicted molar refractivity (Wildman–Crippen MR) is 106 cm³/mol. The van der Waals surface area contributed by atoms with Gasteiger partial charge in [0.25, 0.3) is 0 Å². The average molecular weight is 382 g/mol. The van der Waals surface area contributed by atoms with Crippen molar-refractivity contribution in [2.45, 2.75) is 12.0 Å². The van der Waals surface area contributed by atoms with Crippen LogP contribution in [0.25, 0.3) is 0 Å². The van der Waals surface area contributed by atoms with Gasteiger partial charge in [-0.3, -0.25) is 9.69 Å². The maximum atomic E-state index is 13.8. The van der Waals surface area contributed by atoms with Crippen molar-refractivity contribution < 1.29 is 14.0 Å². The average Bonchev–Trinajstić information content (AvgIpc) is 3.13. The third-order valence-corrected chi connectivity index (χ3v) is 5.74. The van der Waals surface area contributed by atoms with E-state index < -0.39 is 5.82 Å². The van der Waals surface area contributed by atoms with Crippen molar-refractivity contribution in [1.82, 2.24) is 9.80 Å². The summed E-state index contributed by atoms with van der Waals surface area (Å²) in [5, 5.41) is 2.65. The lowest BCUT2D eigenvalue weighted by molar-refractivity contribution is -0.123. The van der Waals surface area contributed by atoms with E-state index in [2.05, 4.69) is 5.32 Å². The minimum Gasteiger partial charge on any atom is -0.323 e. The van der Waals surface area contributed by atoms with Crippen molar-refractivity contribution >= 4 is 23.3 Å². The minimum absolute atomic E-state index is 0.0496. The summed E-state index contributed by atoms with van der Waals surface area (Å²) >= 11 is 0. The van der Waals surface area contributed by atoms with Crippen molar-refractivity contribution in [3.8, 4) is 0 Å². The molecule has 2 aliphatic heterocycles. The second-order valence-corrected chi connectivity index (χ2v) is 7.48. The number of amides is 3. The third kappa shape index (κ3) is 3.33. The zero-order chi connectivity index (χ0) is 19.7. The zero-order valence-electron chi connectivity index (χ0n) is 15.8. The number of carbonyl (C=O) groups excluding carboxylic acids is 2. The fraction of sp³-hybridized carbons (Fsp3) is 0.333. The van der Waals surface area contributed by atoms with E-state index >= 15 is 0 Å². The topological polar surface area (TPSA) is 55.9 Å². The van der Waals surface area contributed by atoms with Gasteiger partial charge in [0.1, 0.15) is 5.82 Å². The van der Waals surface area contributed by atoms with E-state index in [1.807, 2.05) is 42.3 Å². The largest absolute Gasteiger partial charge is 0.323 e. The van der Waals surface area contributed by atoms with Crippen LogP contribution >= 0.6 is 0 Å². The number of piperazine rings is 1. The number of urea groups is 1. The lowest BCUT2D eigenvalue weighted by atomic mass is 9.92. The Labute approximate surface area is 163 Å². The number of benzene rings is 2. The standard InChI is InChI=1S/C21H23FN4O2/c1-24-13-19(27)26(16-7-3-2-4-8-16)15-21(24)11-12-25(14-21)20(28)23-18-10-6-5-9-17(18)22/h2-10H,11-15H2,1H3,(H,23,28)/t21-/m1/s1. The lowest BCUT2D eigenvalue weighted by Crippen LogP contribution is -2.64.